The van der Waals surface area contributed by atoms with Gasteiger partial charge in [-0.3, -0.25) is 9.20 Å². The van der Waals surface area contributed by atoms with Crippen LogP contribution in [0.2, 0.25) is 0 Å². The molecule has 0 saturated heterocycles. The largest absolute Gasteiger partial charge is 0.494 e. The van der Waals surface area contributed by atoms with Gasteiger partial charge in [0.15, 0.2) is 0 Å². The van der Waals surface area contributed by atoms with Crippen molar-refractivity contribution >= 4 is 22.4 Å². The van der Waals surface area contributed by atoms with Crippen LogP contribution < -0.4 is 15.6 Å². The van der Waals surface area contributed by atoms with Crippen LogP contribution in [-0.4, -0.2) is 27.0 Å². The molecule has 0 amide bonds. The first-order valence-corrected chi connectivity index (χ1v) is 10.7. The molecule has 6 nitrogen and oxygen atoms in total. The third-order valence-electron chi connectivity index (χ3n) is 5.92. The molecule has 1 fully saturated rings. The molecule has 6 heteroatoms. The third kappa shape index (κ3) is 3.22. The molecule has 3 aromatic heterocycles. The fraction of sp³-hybridized carbons (Fsp3) is 0.333. The van der Waals surface area contributed by atoms with E-state index in [1.54, 1.807) is 0 Å². The van der Waals surface area contributed by atoms with Crippen molar-refractivity contribution in [1.29, 1.82) is 0 Å². The lowest BCUT2D eigenvalue weighted by atomic mass is 10.1. The molecule has 0 unspecified atom stereocenters. The van der Waals surface area contributed by atoms with Crippen molar-refractivity contribution in [3.8, 4) is 17.0 Å². The average molecular weight is 402 g/mol. The van der Waals surface area contributed by atoms with Crippen LogP contribution in [0.3, 0.4) is 0 Å². The normalized spacial score (nSPS) is 14.6. The lowest BCUT2D eigenvalue weighted by Gasteiger charge is -2.16. The lowest BCUT2D eigenvalue weighted by molar-refractivity contribution is 0.340. The summed E-state index contributed by atoms with van der Waals surface area (Å²) in [6.07, 6.45) is 4.76. The zero-order chi connectivity index (χ0) is 20.7. The van der Waals surface area contributed by atoms with Gasteiger partial charge in [0.2, 0.25) is 0 Å². The minimum absolute atomic E-state index is 0.137. The number of pyridine rings is 2. The molecule has 2 N–H and O–H groups in total. The average Bonchev–Trinajstić information content (AvgIpc) is 3.37. The predicted molar refractivity (Wildman–Crippen MR) is 121 cm³/mol. The number of benzene rings is 1. The summed E-state index contributed by atoms with van der Waals surface area (Å²) in [5.41, 5.74) is 3.84. The number of aromatic amines is 1. The number of H-pyrrole nitrogens is 1. The maximum absolute atomic E-state index is 13.0. The molecule has 4 aromatic rings. The van der Waals surface area contributed by atoms with Crippen LogP contribution in [0.4, 0.5) is 5.82 Å². The standard InChI is InChI=1S/C24H26N4O2/c1-3-30-18-11-12-20-16(13-18)14-19(24(29)26-20)22-23(25-17-8-4-5-9-17)28-15(2)7-6-10-21(28)27-22/h6-7,10-14,17,25H,3-5,8-9H2,1-2H3,(H,26,29). The SMILES string of the molecule is CCOc1ccc2[nH]c(=O)c(-c3nc4cccc(C)n4c3NC3CCCC3)cc2c1. The maximum Gasteiger partial charge on any atom is 0.258 e. The van der Waals surface area contributed by atoms with Gasteiger partial charge in [-0.2, -0.15) is 0 Å². The van der Waals surface area contributed by atoms with Crippen LogP contribution in [0.1, 0.15) is 38.3 Å². The summed E-state index contributed by atoms with van der Waals surface area (Å²) in [7, 11) is 0. The number of ether oxygens (including phenoxy) is 1. The number of aromatic nitrogens is 3. The summed E-state index contributed by atoms with van der Waals surface area (Å²) < 4.78 is 7.76. The highest BCUT2D eigenvalue weighted by atomic mass is 16.5. The quantitative estimate of drug-likeness (QED) is 0.498. The molecule has 3 heterocycles. The first-order valence-electron chi connectivity index (χ1n) is 10.7. The van der Waals surface area contributed by atoms with Crippen molar-refractivity contribution in [2.45, 2.75) is 45.6 Å². The third-order valence-corrected chi connectivity index (χ3v) is 5.92. The molecular formula is C24H26N4O2. The van der Waals surface area contributed by atoms with Crippen LogP contribution in [0.5, 0.6) is 5.75 Å². The predicted octanol–water partition coefficient (Wildman–Crippen LogP) is 4.90. The molecule has 30 heavy (non-hydrogen) atoms. The Balaban J connectivity index is 1.71. The van der Waals surface area contributed by atoms with Crippen molar-refractivity contribution < 1.29 is 4.74 Å². The molecule has 0 atom stereocenters. The van der Waals surface area contributed by atoms with Gasteiger partial charge >= 0.3 is 0 Å². The molecule has 1 aromatic carbocycles. The monoisotopic (exact) mass is 402 g/mol. The van der Waals surface area contributed by atoms with Crippen LogP contribution >= 0.6 is 0 Å². The zero-order valence-electron chi connectivity index (χ0n) is 17.4. The Morgan fingerprint density at radius 1 is 1.20 bits per heavy atom. The number of imidazole rings is 1. The van der Waals surface area contributed by atoms with E-state index in [1.807, 2.05) is 43.3 Å². The molecule has 0 spiro atoms. The first-order chi connectivity index (χ1) is 14.6. The first kappa shape index (κ1) is 18.7. The Morgan fingerprint density at radius 2 is 2.03 bits per heavy atom. The highest BCUT2D eigenvalue weighted by Crippen LogP contribution is 2.32. The summed E-state index contributed by atoms with van der Waals surface area (Å²) in [6.45, 7) is 4.63. The molecule has 154 valence electrons. The Hall–Kier alpha value is -3.28. The smallest absolute Gasteiger partial charge is 0.258 e. The van der Waals surface area contributed by atoms with E-state index in [9.17, 15) is 4.79 Å². The van der Waals surface area contributed by atoms with Crippen molar-refractivity contribution in [1.82, 2.24) is 14.4 Å². The van der Waals surface area contributed by atoms with Gasteiger partial charge in [-0.15, -0.1) is 0 Å². The van der Waals surface area contributed by atoms with Crippen LogP contribution in [0.15, 0.2) is 47.3 Å². The molecule has 1 saturated carbocycles. The number of fused-ring (bicyclic) bond motifs is 2. The Kier molecular flexibility index (Phi) is 4.69. The highest BCUT2D eigenvalue weighted by Gasteiger charge is 2.22. The molecule has 0 radical (unpaired) electrons. The number of hydrogen-bond acceptors (Lipinski definition) is 4. The van der Waals surface area contributed by atoms with Crippen molar-refractivity contribution in [3.63, 3.8) is 0 Å². The minimum Gasteiger partial charge on any atom is -0.494 e. The number of nitrogens with one attached hydrogen (secondary N) is 2. The minimum atomic E-state index is -0.137. The van der Waals surface area contributed by atoms with Gasteiger partial charge in [-0.1, -0.05) is 18.9 Å². The summed E-state index contributed by atoms with van der Waals surface area (Å²) in [4.78, 5) is 20.9. The van der Waals surface area contributed by atoms with Gasteiger partial charge in [-0.05, 0) is 63.1 Å². The van der Waals surface area contributed by atoms with Crippen LogP contribution in [0.25, 0.3) is 27.8 Å². The summed E-state index contributed by atoms with van der Waals surface area (Å²) in [6, 6.07) is 14.1. The molecule has 5 rings (SSSR count). The number of rotatable bonds is 5. The highest BCUT2D eigenvalue weighted by molar-refractivity contribution is 5.87. The van der Waals surface area contributed by atoms with Crippen molar-refractivity contribution in [3.05, 3.63) is 58.5 Å². The Bertz CT molecular complexity index is 1280. The van der Waals surface area contributed by atoms with Gasteiger partial charge in [0.05, 0.1) is 12.2 Å². The van der Waals surface area contributed by atoms with Gasteiger partial charge in [-0.25, -0.2) is 4.98 Å². The molecular weight excluding hydrogens is 376 g/mol. The van der Waals surface area contributed by atoms with E-state index in [2.05, 4.69) is 27.7 Å². The van der Waals surface area contributed by atoms with Crippen LogP contribution in [0, 0.1) is 6.92 Å². The Labute approximate surface area is 174 Å². The zero-order valence-corrected chi connectivity index (χ0v) is 17.4. The number of anilines is 1. The molecule has 1 aliphatic rings. The fourth-order valence-electron chi connectivity index (χ4n) is 4.46. The van der Waals surface area contributed by atoms with E-state index in [-0.39, 0.29) is 5.56 Å². The number of aryl methyl sites for hydroxylation is 1. The number of hydrogen-bond donors (Lipinski definition) is 2. The van der Waals surface area contributed by atoms with Gasteiger partial charge < -0.3 is 15.0 Å². The van der Waals surface area contributed by atoms with E-state index in [1.165, 1.54) is 12.8 Å². The lowest BCUT2D eigenvalue weighted by Crippen LogP contribution is -2.18. The Morgan fingerprint density at radius 3 is 2.83 bits per heavy atom. The van der Waals surface area contributed by atoms with E-state index in [4.69, 9.17) is 9.72 Å². The molecule has 0 bridgehead atoms. The van der Waals surface area contributed by atoms with Gasteiger partial charge in [0.1, 0.15) is 22.9 Å². The van der Waals surface area contributed by atoms with E-state index in [0.29, 0.717) is 23.9 Å². The second-order valence-corrected chi connectivity index (χ2v) is 7.99. The van der Waals surface area contributed by atoms with E-state index in [0.717, 1.165) is 46.7 Å². The van der Waals surface area contributed by atoms with Gasteiger partial charge in [0.25, 0.3) is 5.56 Å². The van der Waals surface area contributed by atoms with E-state index >= 15 is 0 Å². The fourth-order valence-corrected chi connectivity index (χ4v) is 4.46. The van der Waals surface area contributed by atoms with Crippen molar-refractivity contribution in [2.75, 3.05) is 11.9 Å². The van der Waals surface area contributed by atoms with Gasteiger partial charge in [0, 0.05) is 22.6 Å². The summed E-state index contributed by atoms with van der Waals surface area (Å²) in [5.74, 6) is 1.69. The second kappa shape index (κ2) is 7.52. The summed E-state index contributed by atoms with van der Waals surface area (Å²) in [5, 5.41) is 4.63. The van der Waals surface area contributed by atoms with Crippen LogP contribution in [-0.2, 0) is 0 Å². The second-order valence-electron chi connectivity index (χ2n) is 7.99. The van der Waals surface area contributed by atoms with E-state index < -0.39 is 0 Å². The maximum atomic E-state index is 13.0. The number of nitrogens with zero attached hydrogens (tertiary/aromatic N) is 2. The molecule has 0 aliphatic heterocycles. The summed E-state index contributed by atoms with van der Waals surface area (Å²) >= 11 is 0. The topological polar surface area (TPSA) is 71.4 Å². The molecule has 1 aliphatic carbocycles. The van der Waals surface area contributed by atoms with Crippen molar-refractivity contribution in [2.24, 2.45) is 0 Å².